The van der Waals surface area contributed by atoms with Gasteiger partial charge >= 0.3 is 0 Å². The number of aryl methyl sites for hydroxylation is 1. The molecule has 0 bridgehead atoms. The van der Waals surface area contributed by atoms with Gasteiger partial charge in [-0.1, -0.05) is 26.2 Å². The van der Waals surface area contributed by atoms with Crippen molar-refractivity contribution in [1.82, 2.24) is 10.3 Å². The van der Waals surface area contributed by atoms with Crippen LogP contribution in [0.4, 0.5) is 0 Å². The standard InChI is InChI=1S/C16H26N2O/c1-3-17-10-15-11-18-13(2)9-16(15)19-12-14-7-5-4-6-8-14/h9,11,14,17H,3-8,10,12H2,1-2H3. The van der Waals surface area contributed by atoms with Gasteiger partial charge in [0.05, 0.1) is 6.61 Å². The lowest BCUT2D eigenvalue weighted by Gasteiger charge is -2.22. The molecule has 2 rings (SSSR count). The van der Waals surface area contributed by atoms with Gasteiger partial charge < -0.3 is 10.1 Å². The van der Waals surface area contributed by atoms with Gasteiger partial charge in [-0.05, 0) is 32.2 Å². The van der Waals surface area contributed by atoms with Gasteiger partial charge in [0.15, 0.2) is 0 Å². The number of aromatic nitrogens is 1. The minimum absolute atomic E-state index is 0.745. The SMILES string of the molecule is CCNCc1cnc(C)cc1OCC1CCCCC1. The van der Waals surface area contributed by atoms with Crippen molar-refractivity contribution in [1.29, 1.82) is 0 Å². The summed E-state index contributed by atoms with van der Waals surface area (Å²) < 4.78 is 6.07. The molecule has 3 heteroatoms. The molecule has 0 atom stereocenters. The molecule has 19 heavy (non-hydrogen) atoms. The van der Waals surface area contributed by atoms with Crippen LogP contribution in [0.1, 0.15) is 50.3 Å². The second-order valence-corrected chi connectivity index (χ2v) is 5.53. The van der Waals surface area contributed by atoms with Crippen LogP contribution in [0.3, 0.4) is 0 Å². The molecule has 1 aliphatic carbocycles. The summed E-state index contributed by atoms with van der Waals surface area (Å²) in [5.74, 6) is 1.76. The first-order valence-corrected chi connectivity index (χ1v) is 7.58. The number of nitrogens with one attached hydrogen (secondary N) is 1. The molecule has 1 aliphatic rings. The molecule has 0 spiro atoms. The minimum Gasteiger partial charge on any atom is -0.493 e. The van der Waals surface area contributed by atoms with E-state index in [2.05, 4.69) is 23.3 Å². The second-order valence-electron chi connectivity index (χ2n) is 5.53. The van der Waals surface area contributed by atoms with Crippen molar-refractivity contribution in [2.24, 2.45) is 5.92 Å². The Balaban J connectivity index is 1.94. The minimum atomic E-state index is 0.745. The first-order valence-electron chi connectivity index (χ1n) is 7.58. The monoisotopic (exact) mass is 262 g/mol. The number of pyridine rings is 1. The van der Waals surface area contributed by atoms with E-state index in [1.54, 1.807) is 0 Å². The summed E-state index contributed by atoms with van der Waals surface area (Å²) in [5, 5.41) is 3.34. The van der Waals surface area contributed by atoms with Crippen LogP contribution in [0.2, 0.25) is 0 Å². The Morgan fingerprint density at radius 1 is 1.32 bits per heavy atom. The van der Waals surface area contributed by atoms with E-state index < -0.39 is 0 Å². The maximum absolute atomic E-state index is 6.07. The van der Waals surface area contributed by atoms with Crippen LogP contribution in [0.25, 0.3) is 0 Å². The van der Waals surface area contributed by atoms with Crippen molar-refractivity contribution in [3.63, 3.8) is 0 Å². The Hall–Kier alpha value is -1.09. The van der Waals surface area contributed by atoms with Gasteiger partial charge in [-0.2, -0.15) is 0 Å². The van der Waals surface area contributed by atoms with Crippen molar-refractivity contribution >= 4 is 0 Å². The lowest BCUT2D eigenvalue weighted by molar-refractivity contribution is 0.207. The number of rotatable bonds is 6. The molecule has 1 aromatic rings. The van der Waals surface area contributed by atoms with Crippen molar-refractivity contribution in [2.75, 3.05) is 13.2 Å². The molecule has 0 unspecified atom stereocenters. The molecule has 3 nitrogen and oxygen atoms in total. The van der Waals surface area contributed by atoms with Crippen LogP contribution >= 0.6 is 0 Å². The highest BCUT2D eigenvalue weighted by molar-refractivity contribution is 5.32. The highest BCUT2D eigenvalue weighted by Crippen LogP contribution is 2.26. The normalized spacial score (nSPS) is 16.5. The van der Waals surface area contributed by atoms with E-state index in [0.29, 0.717) is 0 Å². The zero-order valence-electron chi connectivity index (χ0n) is 12.2. The van der Waals surface area contributed by atoms with Gasteiger partial charge in [-0.15, -0.1) is 0 Å². The zero-order valence-corrected chi connectivity index (χ0v) is 12.2. The molecule has 1 heterocycles. The van der Waals surface area contributed by atoms with Gasteiger partial charge in [0.25, 0.3) is 0 Å². The highest BCUT2D eigenvalue weighted by atomic mass is 16.5. The third-order valence-electron chi connectivity index (χ3n) is 3.85. The van der Waals surface area contributed by atoms with E-state index in [1.807, 2.05) is 13.1 Å². The molecule has 0 aromatic carbocycles. The molecular formula is C16H26N2O. The molecule has 0 saturated heterocycles. The van der Waals surface area contributed by atoms with Crippen molar-refractivity contribution < 1.29 is 4.74 Å². The van der Waals surface area contributed by atoms with Gasteiger partial charge in [-0.3, -0.25) is 4.98 Å². The van der Waals surface area contributed by atoms with Crippen molar-refractivity contribution in [2.45, 2.75) is 52.5 Å². The highest BCUT2D eigenvalue weighted by Gasteiger charge is 2.15. The molecule has 106 valence electrons. The lowest BCUT2D eigenvalue weighted by atomic mass is 9.90. The molecule has 1 aromatic heterocycles. The van der Waals surface area contributed by atoms with E-state index in [-0.39, 0.29) is 0 Å². The van der Waals surface area contributed by atoms with Gasteiger partial charge in [0.2, 0.25) is 0 Å². The molecular weight excluding hydrogens is 236 g/mol. The van der Waals surface area contributed by atoms with Crippen LogP contribution in [0, 0.1) is 12.8 Å². The summed E-state index contributed by atoms with van der Waals surface area (Å²) in [6.45, 7) is 6.80. The largest absolute Gasteiger partial charge is 0.493 e. The quantitative estimate of drug-likeness (QED) is 0.852. The molecule has 0 aliphatic heterocycles. The smallest absolute Gasteiger partial charge is 0.127 e. The van der Waals surface area contributed by atoms with E-state index in [4.69, 9.17) is 4.74 Å². The Kier molecular flexibility index (Phi) is 5.64. The van der Waals surface area contributed by atoms with E-state index in [0.717, 1.165) is 37.1 Å². The maximum atomic E-state index is 6.07. The molecule has 0 amide bonds. The number of hydrogen-bond donors (Lipinski definition) is 1. The van der Waals surface area contributed by atoms with Crippen LogP contribution in [0.15, 0.2) is 12.3 Å². The van der Waals surface area contributed by atoms with Gasteiger partial charge in [0.1, 0.15) is 5.75 Å². The Bertz CT molecular complexity index is 386. The topological polar surface area (TPSA) is 34.2 Å². The summed E-state index contributed by atoms with van der Waals surface area (Å²) >= 11 is 0. The number of nitrogens with zero attached hydrogens (tertiary/aromatic N) is 1. The van der Waals surface area contributed by atoms with Crippen molar-refractivity contribution in [3.8, 4) is 5.75 Å². The average Bonchev–Trinajstić information content (AvgIpc) is 2.45. The molecule has 0 radical (unpaired) electrons. The Morgan fingerprint density at radius 3 is 2.84 bits per heavy atom. The zero-order chi connectivity index (χ0) is 13.5. The van der Waals surface area contributed by atoms with Crippen LogP contribution in [-0.4, -0.2) is 18.1 Å². The summed E-state index contributed by atoms with van der Waals surface area (Å²) in [5.41, 5.74) is 2.20. The summed E-state index contributed by atoms with van der Waals surface area (Å²) in [6.07, 6.45) is 8.73. The van der Waals surface area contributed by atoms with E-state index in [9.17, 15) is 0 Å². The third-order valence-corrected chi connectivity index (χ3v) is 3.85. The third kappa shape index (κ3) is 4.50. The van der Waals surface area contributed by atoms with Crippen LogP contribution in [-0.2, 0) is 6.54 Å². The van der Waals surface area contributed by atoms with Crippen LogP contribution in [0.5, 0.6) is 5.75 Å². The number of ether oxygens (including phenoxy) is 1. The summed E-state index contributed by atoms with van der Waals surface area (Å²) in [6, 6.07) is 2.06. The fraction of sp³-hybridized carbons (Fsp3) is 0.688. The molecule has 1 saturated carbocycles. The summed E-state index contributed by atoms with van der Waals surface area (Å²) in [4.78, 5) is 4.37. The average molecular weight is 262 g/mol. The lowest BCUT2D eigenvalue weighted by Crippen LogP contribution is -2.17. The van der Waals surface area contributed by atoms with Crippen LogP contribution < -0.4 is 10.1 Å². The maximum Gasteiger partial charge on any atom is 0.127 e. The first-order chi connectivity index (χ1) is 9.29. The second kappa shape index (κ2) is 7.49. The van der Waals surface area contributed by atoms with Gasteiger partial charge in [0, 0.05) is 30.1 Å². The van der Waals surface area contributed by atoms with E-state index in [1.165, 1.54) is 37.7 Å². The molecule has 1 N–H and O–H groups in total. The fourth-order valence-corrected chi connectivity index (χ4v) is 2.65. The predicted octanol–water partition coefficient (Wildman–Crippen LogP) is 3.46. The van der Waals surface area contributed by atoms with Crippen molar-refractivity contribution in [3.05, 3.63) is 23.5 Å². The number of hydrogen-bond acceptors (Lipinski definition) is 3. The predicted molar refractivity (Wildman–Crippen MR) is 78.4 cm³/mol. The fourth-order valence-electron chi connectivity index (χ4n) is 2.65. The van der Waals surface area contributed by atoms with E-state index >= 15 is 0 Å². The first kappa shape index (κ1) is 14.3. The molecule has 1 fully saturated rings. The van der Waals surface area contributed by atoms with Gasteiger partial charge in [-0.25, -0.2) is 0 Å². The Morgan fingerprint density at radius 2 is 2.11 bits per heavy atom. The Labute approximate surface area is 116 Å². The summed E-state index contributed by atoms with van der Waals surface area (Å²) in [7, 11) is 0.